The zero-order chi connectivity index (χ0) is 13.2. The van der Waals surface area contributed by atoms with Gasteiger partial charge in [0.25, 0.3) is 0 Å². The summed E-state index contributed by atoms with van der Waals surface area (Å²) in [5.41, 5.74) is 5.97. The Bertz CT molecular complexity index is 551. The highest BCUT2D eigenvalue weighted by molar-refractivity contribution is 5.49. The minimum Gasteiger partial charge on any atom is -0.388 e. The van der Waals surface area contributed by atoms with E-state index in [2.05, 4.69) is 55.2 Å². The molecule has 0 heterocycles. The molecule has 19 heavy (non-hydrogen) atoms. The molecule has 0 saturated heterocycles. The van der Waals surface area contributed by atoms with Crippen LogP contribution in [0.1, 0.15) is 30.4 Å². The smallest absolute Gasteiger partial charge is 0.0204 e. The Labute approximate surface area is 115 Å². The van der Waals surface area contributed by atoms with Gasteiger partial charge in [-0.3, -0.25) is 0 Å². The van der Waals surface area contributed by atoms with Crippen LogP contribution in [0.15, 0.2) is 60.3 Å². The second kappa shape index (κ2) is 5.08. The van der Waals surface area contributed by atoms with Gasteiger partial charge in [-0.1, -0.05) is 48.9 Å². The van der Waals surface area contributed by atoms with Crippen molar-refractivity contribution in [2.24, 2.45) is 5.92 Å². The Morgan fingerprint density at radius 1 is 1.37 bits per heavy atom. The molecule has 0 aromatic heterocycles. The quantitative estimate of drug-likeness (QED) is 0.799. The molecule has 1 aromatic rings. The van der Waals surface area contributed by atoms with Crippen LogP contribution in [0.25, 0.3) is 0 Å². The standard InChI is InChI=1S/C18H21N/c1-3-13(2)12-19-16-9-8-15-10-14-6-4-5-7-17(14)18(15)11-16/h3-9,13,18-19H,1,10-12H2,2H3. The van der Waals surface area contributed by atoms with Crippen molar-refractivity contribution >= 4 is 0 Å². The molecule has 1 heteroatoms. The molecule has 2 aliphatic rings. The van der Waals surface area contributed by atoms with Crippen LogP contribution < -0.4 is 5.32 Å². The number of benzene rings is 1. The Hall–Kier alpha value is -1.76. The minimum absolute atomic E-state index is 0.516. The second-order valence-corrected chi connectivity index (χ2v) is 5.66. The fourth-order valence-electron chi connectivity index (χ4n) is 3.00. The average Bonchev–Trinajstić information content (AvgIpc) is 2.82. The lowest BCUT2D eigenvalue weighted by molar-refractivity contribution is 0.616. The maximum atomic E-state index is 3.84. The molecule has 2 atom stereocenters. The molecule has 98 valence electrons. The highest BCUT2D eigenvalue weighted by atomic mass is 14.9. The van der Waals surface area contributed by atoms with Crippen LogP contribution in [0, 0.1) is 5.92 Å². The second-order valence-electron chi connectivity index (χ2n) is 5.66. The molecule has 0 amide bonds. The van der Waals surface area contributed by atoms with Gasteiger partial charge < -0.3 is 5.32 Å². The lowest BCUT2D eigenvalue weighted by Crippen LogP contribution is -2.22. The van der Waals surface area contributed by atoms with Gasteiger partial charge >= 0.3 is 0 Å². The molecule has 0 radical (unpaired) electrons. The van der Waals surface area contributed by atoms with E-state index in [-0.39, 0.29) is 0 Å². The summed E-state index contributed by atoms with van der Waals surface area (Å²) in [6.07, 6.45) is 8.82. The largest absolute Gasteiger partial charge is 0.388 e. The molecule has 2 unspecified atom stereocenters. The van der Waals surface area contributed by atoms with Gasteiger partial charge in [-0.25, -0.2) is 0 Å². The topological polar surface area (TPSA) is 12.0 Å². The van der Waals surface area contributed by atoms with Crippen molar-refractivity contribution < 1.29 is 0 Å². The van der Waals surface area contributed by atoms with Gasteiger partial charge in [-0.15, -0.1) is 6.58 Å². The number of nitrogens with one attached hydrogen (secondary N) is 1. The third kappa shape index (κ3) is 2.37. The van der Waals surface area contributed by atoms with Gasteiger partial charge in [-0.2, -0.15) is 0 Å². The van der Waals surface area contributed by atoms with Crippen LogP contribution >= 0.6 is 0 Å². The van der Waals surface area contributed by atoms with Crippen molar-refractivity contribution in [3.8, 4) is 0 Å². The first-order valence-corrected chi connectivity index (χ1v) is 7.12. The summed E-state index contributed by atoms with van der Waals surface area (Å²) in [6.45, 7) is 7.00. The van der Waals surface area contributed by atoms with Crippen LogP contribution in [0.2, 0.25) is 0 Å². The third-order valence-corrected chi connectivity index (χ3v) is 4.25. The van der Waals surface area contributed by atoms with E-state index in [1.165, 1.54) is 16.8 Å². The summed E-state index contributed by atoms with van der Waals surface area (Å²) < 4.78 is 0. The molecule has 1 N–H and O–H groups in total. The molecule has 1 aromatic carbocycles. The van der Waals surface area contributed by atoms with E-state index in [0.717, 1.165) is 19.4 Å². The number of hydrogen-bond acceptors (Lipinski definition) is 1. The van der Waals surface area contributed by atoms with Crippen LogP contribution in [0.4, 0.5) is 0 Å². The van der Waals surface area contributed by atoms with E-state index in [1.807, 2.05) is 6.08 Å². The Balaban J connectivity index is 1.73. The van der Waals surface area contributed by atoms with Crippen molar-refractivity contribution in [2.45, 2.75) is 25.7 Å². The van der Waals surface area contributed by atoms with Gasteiger partial charge in [0.2, 0.25) is 0 Å². The SMILES string of the molecule is C=CC(C)CNC1=CC=C2Cc3ccccc3C2C1. The van der Waals surface area contributed by atoms with E-state index < -0.39 is 0 Å². The molecule has 0 aliphatic heterocycles. The number of allylic oxidation sites excluding steroid dienone is 4. The highest BCUT2D eigenvalue weighted by Crippen LogP contribution is 2.42. The number of hydrogen-bond donors (Lipinski definition) is 1. The van der Waals surface area contributed by atoms with Crippen molar-refractivity contribution in [1.82, 2.24) is 5.32 Å². The first-order valence-electron chi connectivity index (χ1n) is 7.12. The van der Waals surface area contributed by atoms with Crippen LogP contribution in [-0.4, -0.2) is 6.54 Å². The molecule has 2 aliphatic carbocycles. The third-order valence-electron chi connectivity index (χ3n) is 4.25. The van der Waals surface area contributed by atoms with Crippen LogP contribution in [0.5, 0.6) is 0 Å². The molecule has 3 rings (SSSR count). The van der Waals surface area contributed by atoms with Crippen molar-refractivity contribution in [1.29, 1.82) is 0 Å². The van der Waals surface area contributed by atoms with E-state index >= 15 is 0 Å². The predicted octanol–water partition coefficient (Wildman–Crippen LogP) is 3.95. The van der Waals surface area contributed by atoms with Gasteiger partial charge in [0.1, 0.15) is 0 Å². The van der Waals surface area contributed by atoms with Gasteiger partial charge in [0.05, 0.1) is 0 Å². The molecule has 0 saturated carbocycles. The van der Waals surface area contributed by atoms with Crippen LogP contribution in [0.3, 0.4) is 0 Å². The van der Waals surface area contributed by atoms with Gasteiger partial charge in [0.15, 0.2) is 0 Å². The normalized spacial score (nSPS) is 21.8. The first-order chi connectivity index (χ1) is 9.28. The monoisotopic (exact) mass is 251 g/mol. The average molecular weight is 251 g/mol. The zero-order valence-electron chi connectivity index (χ0n) is 11.5. The first kappa shape index (κ1) is 12.3. The number of fused-ring (bicyclic) bond motifs is 3. The summed E-state index contributed by atoms with van der Waals surface area (Å²) in [6, 6.07) is 8.86. The van der Waals surface area contributed by atoms with Crippen molar-refractivity contribution in [3.05, 3.63) is 71.5 Å². The van der Waals surface area contributed by atoms with E-state index in [4.69, 9.17) is 0 Å². The van der Waals surface area contributed by atoms with Gasteiger partial charge in [-0.05, 0) is 36.0 Å². The summed E-state index contributed by atoms with van der Waals surface area (Å²) in [5.74, 6) is 1.12. The molecule has 0 bridgehead atoms. The van der Waals surface area contributed by atoms with E-state index in [0.29, 0.717) is 11.8 Å². The fraction of sp³-hybridized carbons (Fsp3) is 0.333. The highest BCUT2D eigenvalue weighted by Gasteiger charge is 2.28. The molecular weight excluding hydrogens is 230 g/mol. The van der Waals surface area contributed by atoms with Crippen molar-refractivity contribution in [2.75, 3.05) is 6.54 Å². The lowest BCUT2D eigenvalue weighted by Gasteiger charge is -2.22. The summed E-state index contributed by atoms with van der Waals surface area (Å²) in [4.78, 5) is 0. The molecule has 0 spiro atoms. The molecule has 1 nitrogen and oxygen atoms in total. The minimum atomic E-state index is 0.516. The Morgan fingerprint density at radius 2 is 2.21 bits per heavy atom. The Kier molecular flexibility index (Phi) is 3.29. The maximum Gasteiger partial charge on any atom is 0.0204 e. The summed E-state index contributed by atoms with van der Waals surface area (Å²) in [7, 11) is 0. The molecule has 0 fully saturated rings. The maximum absolute atomic E-state index is 3.84. The summed E-state index contributed by atoms with van der Waals surface area (Å²) >= 11 is 0. The summed E-state index contributed by atoms with van der Waals surface area (Å²) in [5, 5.41) is 3.56. The van der Waals surface area contributed by atoms with Crippen molar-refractivity contribution in [3.63, 3.8) is 0 Å². The molecular formula is C18H21N. The number of rotatable bonds is 4. The fourth-order valence-corrected chi connectivity index (χ4v) is 3.00. The zero-order valence-corrected chi connectivity index (χ0v) is 11.5. The lowest BCUT2D eigenvalue weighted by atomic mass is 9.89. The van der Waals surface area contributed by atoms with E-state index in [1.54, 1.807) is 5.57 Å². The Morgan fingerprint density at radius 3 is 3.05 bits per heavy atom. The predicted molar refractivity (Wildman–Crippen MR) is 81.0 cm³/mol. The van der Waals surface area contributed by atoms with Gasteiger partial charge in [0, 0.05) is 18.2 Å². The van der Waals surface area contributed by atoms with E-state index in [9.17, 15) is 0 Å². The van der Waals surface area contributed by atoms with Crippen LogP contribution in [-0.2, 0) is 6.42 Å².